The van der Waals surface area contributed by atoms with E-state index in [9.17, 15) is 28.8 Å². The monoisotopic (exact) mass is 955 g/mol. The second-order valence-corrected chi connectivity index (χ2v) is 20.9. The number of carbonyl (C=O) groups is 6. The van der Waals surface area contributed by atoms with Crippen LogP contribution in [-0.4, -0.2) is 98.0 Å². The van der Waals surface area contributed by atoms with Crippen LogP contribution in [0.5, 0.6) is 0 Å². The molecule has 5 aliphatic rings. The maximum Gasteiger partial charge on any atom is 0.335 e. The number of aliphatic carboxylic acids is 2. The highest BCUT2D eigenvalue weighted by molar-refractivity contribution is 5.89. The largest absolute Gasteiger partial charge is 0.481 e. The normalized spacial score (nSPS) is 23.7. The fourth-order valence-electron chi connectivity index (χ4n) is 9.11. The third-order valence-corrected chi connectivity index (χ3v) is 13.5. The molecule has 5 fully saturated rings. The van der Waals surface area contributed by atoms with Crippen LogP contribution in [0.15, 0.2) is 44.8 Å². The minimum absolute atomic E-state index is 0.0389. The van der Waals surface area contributed by atoms with Gasteiger partial charge in [-0.3, -0.25) is 14.4 Å². The van der Waals surface area contributed by atoms with Crippen LogP contribution >= 0.6 is 0 Å². The summed E-state index contributed by atoms with van der Waals surface area (Å²) in [6.45, 7) is 25.4. The number of azo groups is 2. The number of nitrogens with zero attached hydrogens (tertiary/aromatic N) is 6. The van der Waals surface area contributed by atoms with Gasteiger partial charge in [-0.2, -0.15) is 31.0 Å². The summed E-state index contributed by atoms with van der Waals surface area (Å²) in [5, 5.41) is 59.0. The number of aliphatic hydroxyl groups excluding tert-OH is 1. The highest BCUT2D eigenvalue weighted by Gasteiger charge is 2.60. The Morgan fingerprint density at radius 3 is 1.43 bits per heavy atom. The van der Waals surface area contributed by atoms with Crippen LogP contribution < -0.4 is 0 Å². The molecule has 18 heteroatoms. The number of hydrogen-bond acceptors (Lipinski definition) is 16. The van der Waals surface area contributed by atoms with E-state index in [-0.39, 0.29) is 54.2 Å². The van der Waals surface area contributed by atoms with Gasteiger partial charge in [0.15, 0.2) is 22.4 Å². The number of ketones is 1. The lowest BCUT2D eigenvalue weighted by Crippen LogP contribution is -2.58. The van der Waals surface area contributed by atoms with Crippen molar-refractivity contribution in [2.75, 3.05) is 13.7 Å². The molecule has 0 aromatic carbocycles. The van der Waals surface area contributed by atoms with E-state index in [0.29, 0.717) is 11.1 Å². The molecule has 0 saturated heterocycles. The van der Waals surface area contributed by atoms with E-state index in [2.05, 4.69) is 52.2 Å². The molecule has 0 spiro atoms. The zero-order chi connectivity index (χ0) is 52.5. The molecule has 0 radical (unpaired) electrons. The van der Waals surface area contributed by atoms with Gasteiger partial charge in [0.2, 0.25) is 0 Å². The Hall–Kier alpha value is -5.36. The molecular formula is C50H78N6O12. The fraction of sp³-hybridized carbons (Fsp3) is 0.760. The number of aliphatic hydroxyl groups is 1. The van der Waals surface area contributed by atoms with Crippen LogP contribution in [0.3, 0.4) is 0 Å². The first-order valence-electron chi connectivity index (χ1n) is 23.4. The lowest BCUT2D eigenvalue weighted by atomic mass is 9.45. The van der Waals surface area contributed by atoms with Crippen molar-refractivity contribution in [2.24, 2.45) is 43.6 Å². The van der Waals surface area contributed by atoms with Crippen LogP contribution in [0.2, 0.25) is 0 Å². The molecular weight excluding hydrogens is 877 g/mol. The van der Waals surface area contributed by atoms with Crippen LogP contribution in [0.1, 0.15) is 172 Å². The maximum absolute atomic E-state index is 12.1. The first-order valence-corrected chi connectivity index (χ1v) is 23.4. The summed E-state index contributed by atoms with van der Waals surface area (Å²) in [5.41, 5.74) is -4.24. The highest BCUT2D eigenvalue weighted by Crippen LogP contribution is 2.65. The Morgan fingerprint density at radius 1 is 0.706 bits per heavy atom. The molecule has 380 valence electrons. The number of carboxylic acid groups (broad SMARTS) is 2. The lowest BCUT2D eigenvalue weighted by molar-refractivity contribution is -0.201. The molecule has 5 rings (SSSR count). The Balaban J connectivity index is 0.000000461. The Kier molecular flexibility index (Phi) is 22.6. The van der Waals surface area contributed by atoms with Crippen LogP contribution in [0.4, 0.5) is 0 Å². The number of ether oxygens (including phenoxy) is 3. The van der Waals surface area contributed by atoms with Gasteiger partial charge >= 0.3 is 29.8 Å². The maximum atomic E-state index is 12.1. The van der Waals surface area contributed by atoms with Gasteiger partial charge < -0.3 is 29.5 Å². The first-order chi connectivity index (χ1) is 31.2. The van der Waals surface area contributed by atoms with Crippen molar-refractivity contribution >= 4 is 35.6 Å². The molecule has 4 bridgehead atoms. The average Bonchev–Trinajstić information content (AvgIpc) is 3.70. The number of carbonyl (C=O) groups excluding carboxylic acids is 4. The van der Waals surface area contributed by atoms with Crippen molar-refractivity contribution in [3.63, 3.8) is 0 Å². The predicted molar refractivity (Wildman–Crippen MR) is 252 cm³/mol. The van der Waals surface area contributed by atoms with E-state index < -0.39 is 52.5 Å². The van der Waals surface area contributed by atoms with Crippen molar-refractivity contribution in [2.45, 2.75) is 206 Å². The van der Waals surface area contributed by atoms with Gasteiger partial charge in [0.25, 0.3) is 0 Å². The van der Waals surface area contributed by atoms with Gasteiger partial charge in [-0.15, -0.1) is 0 Å². The van der Waals surface area contributed by atoms with E-state index in [1.807, 2.05) is 19.1 Å². The number of hydrogen-bond donors (Lipinski definition) is 3. The van der Waals surface area contributed by atoms with Gasteiger partial charge in [-0.25, -0.2) is 14.4 Å². The zero-order valence-corrected chi connectivity index (χ0v) is 42.7. The number of carboxylic acids is 2. The summed E-state index contributed by atoms with van der Waals surface area (Å²) >= 11 is 0. The highest BCUT2D eigenvalue weighted by atomic mass is 16.6. The summed E-state index contributed by atoms with van der Waals surface area (Å²) in [4.78, 5) is 66.8. The molecule has 0 amide bonds. The number of rotatable bonds is 19. The second-order valence-electron chi connectivity index (χ2n) is 20.9. The summed E-state index contributed by atoms with van der Waals surface area (Å²) in [5.74, 6) is -0.918. The molecule has 0 heterocycles. The molecule has 0 aromatic heterocycles. The minimum Gasteiger partial charge on any atom is -0.481 e. The van der Waals surface area contributed by atoms with Gasteiger partial charge in [0.1, 0.15) is 23.3 Å². The van der Waals surface area contributed by atoms with Crippen molar-refractivity contribution < 1.29 is 58.3 Å². The molecule has 0 aliphatic heterocycles. The lowest BCUT2D eigenvalue weighted by Gasteiger charge is -2.62. The number of Topliss-reactive ketones (excluding diaryl/α,β-unsaturated/α-hetero) is 1. The molecule has 68 heavy (non-hydrogen) atoms. The number of methoxy groups -OCH3 is 1. The standard InChI is InChI=1S/C18H28O2.C12H16N4O4.C10H18N2O4.C10H16O2/c1-5-17(4,20-16(19)12(2)3)18-9-13-6-14(10-18)8-15(7-13)11-18;1-11(7-13,5-3-9(17)18)15-16-12(2,8-14)6-4-10(19)20;1-9(2,7(14)6-13)11-12-10(3,4)8(15)16-5;1-8(2)9(11)12-10(3)6-4-5-7-10/h13-15H,2,5-11H2,1,3-4H3;3-6H2,1-2H3,(H,17,18)(H,19,20);13H,6H2,1-5H3;1,4-7H2,2-3H3. The number of nitriles is 2. The van der Waals surface area contributed by atoms with Gasteiger partial charge in [-0.05, 0) is 170 Å². The third kappa shape index (κ3) is 18.3. The predicted octanol–water partition coefficient (Wildman–Crippen LogP) is 9.39. The Labute approximate surface area is 403 Å². The molecule has 5 aliphatic carbocycles. The first kappa shape index (κ1) is 60.7. The molecule has 3 atom stereocenters. The van der Waals surface area contributed by atoms with E-state index >= 15 is 0 Å². The van der Waals surface area contributed by atoms with E-state index in [1.165, 1.54) is 100 Å². The van der Waals surface area contributed by atoms with Crippen molar-refractivity contribution in [1.82, 2.24) is 0 Å². The van der Waals surface area contributed by atoms with E-state index in [0.717, 1.165) is 37.0 Å². The summed E-state index contributed by atoms with van der Waals surface area (Å²) < 4.78 is 15.9. The fourth-order valence-corrected chi connectivity index (χ4v) is 9.11. The SMILES string of the molecule is C=C(C)C(=O)OC(C)(CC)C12CC3CC(CC(C3)C1)C2.C=C(C)C(=O)OC1(C)CCCC1.CC(C#N)(CCC(=O)O)N=NC(C)(C#N)CCC(=O)O.COC(=O)C(C)(C)N=NC(C)(C)C(=O)CO. The average molecular weight is 955 g/mol. The zero-order valence-electron chi connectivity index (χ0n) is 42.7. The summed E-state index contributed by atoms with van der Waals surface area (Å²) in [6, 6.07) is 3.69. The molecule has 3 N–H and O–H groups in total. The summed E-state index contributed by atoms with van der Waals surface area (Å²) in [6.07, 6.45) is 12.7. The van der Waals surface area contributed by atoms with Crippen molar-refractivity contribution in [3.8, 4) is 12.1 Å². The molecule has 5 saturated carbocycles. The van der Waals surface area contributed by atoms with Gasteiger partial charge in [-0.1, -0.05) is 20.1 Å². The second kappa shape index (κ2) is 25.3. The molecule has 3 unspecified atom stereocenters. The smallest absolute Gasteiger partial charge is 0.335 e. The third-order valence-electron chi connectivity index (χ3n) is 13.5. The minimum atomic E-state index is -1.35. The van der Waals surface area contributed by atoms with Gasteiger partial charge in [0.05, 0.1) is 19.2 Å². The Morgan fingerprint density at radius 2 is 1.10 bits per heavy atom. The van der Waals surface area contributed by atoms with Crippen molar-refractivity contribution in [1.29, 1.82) is 10.5 Å². The van der Waals surface area contributed by atoms with E-state index in [4.69, 9.17) is 35.3 Å². The van der Waals surface area contributed by atoms with Crippen LogP contribution in [0.25, 0.3) is 0 Å². The van der Waals surface area contributed by atoms with Crippen LogP contribution in [0, 0.1) is 45.8 Å². The van der Waals surface area contributed by atoms with E-state index in [1.54, 1.807) is 13.8 Å². The van der Waals surface area contributed by atoms with Gasteiger partial charge in [0, 0.05) is 29.4 Å². The summed E-state index contributed by atoms with van der Waals surface area (Å²) in [7, 11) is 1.25. The van der Waals surface area contributed by atoms with Crippen LogP contribution in [-0.2, 0) is 43.0 Å². The quantitative estimate of drug-likeness (QED) is 0.0470. The van der Waals surface area contributed by atoms with Crippen molar-refractivity contribution in [3.05, 3.63) is 24.3 Å². The molecule has 0 aromatic rings. The molecule has 18 nitrogen and oxygen atoms in total. The topological polar surface area (TPSA) is 288 Å². The number of esters is 3. The Bertz CT molecular complexity index is 1880.